The summed E-state index contributed by atoms with van der Waals surface area (Å²) >= 11 is 4.11. The number of hydrogen-bond acceptors (Lipinski definition) is 4. The average molecular weight is 649 g/mol. The Bertz CT molecular complexity index is 655. The van der Waals surface area contributed by atoms with E-state index in [1.807, 2.05) is 57.2 Å². The SMILES string of the molecule is CCN(CC)C(=O)C(/C=C(\I)CO[Si](C)(C)C(C)(C)C)=C(/I)C(=O)OC(C)(C)C. The Morgan fingerprint density at radius 3 is 1.86 bits per heavy atom. The van der Waals surface area contributed by atoms with Gasteiger partial charge in [0.1, 0.15) is 9.18 Å². The van der Waals surface area contributed by atoms with E-state index in [1.165, 1.54) is 0 Å². The summed E-state index contributed by atoms with van der Waals surface area (Å²) in [5, 5.41) is 0.102. The fraction of sp³-hybridized carbons (Fsp3) is 0.714. The minimum Gasteiger partial charge on any atom is -0.456 e. The summed E-state index contributed by atoms with van der Waals surface area (Å²) in [6, 6.07) is 0. The summed E-state index contributed by atoms with van der Waals surface area (Å²) in [6.07, 6.45) is 1.76. The van der Waals surface area contributed by atoms with Crippen LogP contribution in [0.15, 0.2) is 18.8 Å². The molecule has 168 valence electrons. The summed E-state index contributed by atoms with van der Waals surface area (Å²) in [6.45, 7) is 21.8. The number of halogens is 2. The molecule has 0 radical (unpaired) electrons. The summed E-state index contributed by atoms with van der Waals surface area (Å²) in [4.78, 5) is 27.4. The largest absolute Gasteiger partial charge is 0.456 e. The fourth-order valence-electron chi connectivity index (χ4n) is 2.00. The van der Waals surface area contributed by atoms with E-state index in [-0.39, 0.29) is 14.5 Å². The second kappa shape index (κ2) is 11.6. The molecule has 5 nitrogen and oxygen atoms in total. The van der Waals surface area contributed by atoms with Gasteiger partial charge in [-0.05, 0) is 104 Å². The van der Waals surface area contributed by atoms with Crippen LogP contribution in [-0.4, -0.2) is 50.4 Å². The second-order valence-corrected chi connectivity index (χ2v) is 16.6. The quantitative estimate of drug-likeness (QED) is 0.103. The topological polar surface area (TPSA) is 55.8 Å². The summed E-state index contributed by atoms with van der Waals surface area (Å²) in [5.41, 5.74) is -0.272. The predicted octanol–water partition coefficient (Wildman–Crippen LogP) is 6.23. The Labute approximate surface area is 205 Å². The molecule has 0 aromatic rings. The van der Waals surface area contributed by atoms with Gasteiger partial charge in [-0.3, -0.25) is 4.79 Å². The van der Waals surface area contributed by atoms with Crippen molar-refractivity contribution in [2.24, 2.45) is 0 Å². The van der Waals surface area contributed by atoms with E-state index >= 15 is 0 Å². The lowest BCUT2D eigenvalue weighted by Gasteiger charge is -2.36. The molecule has 1 amide bonds. The van der Waals surface area contributed by atoms with E-state index in [0.717, 1.165) is 3.58 Å². The van der Waals surface area contributed by atoms with Crippen LogP contribution in [0.1, 0.15) is 55.4 Å². The minimum absolute atomic E-state index is 0.102. The van der Waals surface area contributed by atoms with E-state index in [4.69, 9.17) is 9.16 Å². The lowest BCUT2D eigenvalue weighted by Crippen LogP contribution is -2.41. The zero-order valence-corrected chi connectivity index (χ0v) is 24.8. The van der Waals surface area contributed by atoms with Crippen molar-refractivity contribution in [2.75, 3.05) is 19.7 Å². The summed E-state index contributed by atoms with van der Waals surface area (Å²) in [7, 11) is -1.91. The fourth-order valence-corrected chi connectivity index (χ4v) is 4.20. The lowest BCUT2D eigenvalue weighted by molar-refractivity contribution is -0.149. The number of esters is 1. The maximum atomic E-state index is 13.1. The average Bonchev–Trinajstić information content (AvgIpc) is 2.55. The van der Waals surface area contributed by atoms with Crippen molar-refractivity contribution >= 4 is 65.4 Å². The van der Waals surface area contributed by atoms with Gasteiger partial charge in [0, 0.05) is 16.7 Å². The third-order valence-corrected chi connectivity index (χ3v) is 10.9. The van der Waals surface area contributed by atoms with Gasteiger partial charge in [-0.2, -0.15) is 0 Å². The summed E-state index contributed by atoms with van der Waals surface area (Å²) < 4.78 is 12.9. The van der Waals surface area contributed by atoms with Crippen molar-refractivity contribution in [1.82, 2.24) is 4.90 Å². The van der Waals surface area contributed by atoms with Crippen molar-refractivity contribution in [3.05, 3.63) is 18.8 Å². The van der Waals surface area contributed by atoms with Crippen LogP contribution in [-0.2, 0) is 18.8 Å². The number of amides is 1. The molecule has 0 saturated heterocycles. The number of carbonyl (C=O) groups is 2. The van der Waals surface area contributed by atoms with Gasteiger partial charge in [0.2, 0.25) is 0 Å². The van der Waals surface area contributed by atoms with Crippen LogP contribution in [0.5, 0.6) is 0 Å². The first-order chi connectivity index (χ1) is 13.0. The molecule has 29 heavy (non-hydrogen) atoms. The van der Waals surface area contributed by atoms with Crippen LogP contribution in [0.2, 0.25) is 18.1 Å². The Hall–Kier alpha value is 0.0569. The molecular weight excluding hydrogens is 612 g/mol. The van der Waals surface area contributed by atoms with E-state index < -0.39 is 19.9 Å². The van der Waals surface area contributed by atoms with Crippen LogP contribution in [0, 0.1) is 0 Å². The molecule has 8 heteroatoms. The number of rotatable bonds is 8. The number of ether oxygens (including phenoxy) is 1. The highest BCUT2D eigenvalue weighted by molar-refractivity contribution is 14.1. The second-order valence-electron chi connectivity index (χ2n) is 9.35. The Kier molecular flexibility index (Phi) is 11.6. The van der Waals surface area contributed by atoms with Gasteiger partial charge < -0.3 is 14.1 Å². The molecule has 0 N–H and O–H groups in total. The first-order valence-corrected chi connectivity index (χ1v) is 15.0. The molecule has 0 bridgehead atoms. The van der Waals surface area contributed by atoms with Crippen molar-refractivity contribution in [1.29, 1.82) is 0 Å². The maximum absolute atomic E-state index is 13.1. The van der Waals surface area contributed by atoms with Gasteiger partial charge in [0.25, 0.3) is 5.91 Å². The molecular formula is C21H37I2NO4Si. The molecule has 0 saturated carbocycles. The van der Waals surface area contributed by atoms with Crippen molar-refractivity contribution in [3.63, 3.8) is 0 Å². The molecule has 0 unspecified atom stereocenters. The maximum Gasteiger partial charge on any atom is 0.345 e. The molecule has 0 heterocycles. The van der Waals surface area contributed by atoms with Crippen LogP contribution >= 0.6 is 45.2 Å². The van der Waals surface area contributed by atoms with E-state index in [0.29, 0.717) is 25.3 Å². The first kappa shape index (κ1) is 29.1. The Morgan fingerprint density at radius 2 is 1.48 bits per heavy atom. The van der Waals surface area contributed by atoms with Crippen molar-refractivity contribution < 1.29 is 18.8 Å². The Balaban J connectivity index is 5.94. The Morgan fingerprint density at radius 1 is 1.00 bits per heavy atom. The van der Waals surface area contributed by atoms with Crippen LogP contribution < -0.4 is 0 Å². The molecule has 0 fully saturated rings. The molecule has 0 aromatic carbocycles. The zero-order chi connectivity index (χ0) is 23.2. The minimum atomic E-state index is -1.91. The van der Waals surface area contributed by atoms with Gasteiger partial charge >= 0.3 is 5.97 Å². The molecule has 0 aliphatic carbocycles. The number of hydrogen-bond donors (Lipinski definition) is 0. The summed E-state index contributed by atoms with van der Waals surface area (Å²) in [5.74, 6) is -0.661. The smallest absolute Gasteiger partial charge is 0.345 e. The highest BCUT2D eigenvalue weighted by Gasteiger charge is 2.37. The monoisotopic (exact) mass is 649 g/mol. The first-order valence-electron chi connectivity index (χ1n) is 9.89. The van der Waals surface area contributed by atoms with Crippen LogP contribution in [0.4, 0.5) is 0 Å². The van der Waals surface area contributed by atoms with E-state index in [9.17, 15) is 9.59 Å². The highest BCUT2D eigenvalue weighted by Crippen LogP contribution is 2.37. The van der Waals surface area contributed by atoms with Gasteiger partial charge in [-0.15, -0.1) is 0 Å². The third kappa shape index (κ3) is 9.81. The van der Waals surface area contributed by atoms with Gasteiger partial charge in [-0.25, -0.2) is 4.79 Å². The molecule has 0 aliphatic heterocycles. The molecule has 0 spiro atoms. The molecule has 0 aromatic heterocycles. The predicted molar refractivity (Wildman–Crippen MR) is 140 cm³/mol. The van der Waals surface area contributed by atoms with Crippen LogP contribution in [0.3, 0.4) is 0 Å². The van der Waals surface area contributed by atoms with Gasteiger partial charge in [0.05, 0.1) is 12.2 Å². The molecule has 0 atom stereocenters. The van der Waals surface area contributed by atoms with Gasteiger partial charge in [0.15, 0.2) is 8.32 Å². The van der Waals surface area contributed by atoms with Crippen molar-refractivity contribution in [2.45, 2.75) is 79.1 Å². The van der Waals surface area contributed by atoms with Crippen molar-refractivity contribution in [3.8, 4) is 0 Å². The van der Waals surface area contributed by atoms with E-state index in [1.54, 1.807) is 11.0 Å². The number of likely N-dealkylation sites (N-methyl/N-ethyl adjacent to an activating group) is 1. The number of nitrogens with zero attached hydrogens (tertiary/aromatic N) is 1. The third-order valence-electron chi connectivity index (χ3n) is 4.77. The molecule has 0 rings (SSSR count). The highest BCUT2D eigenvalue weighted by atomic mass is 127. The van der Waals surface area contributed by atoms with E-state index in [2.05, 4.69) is 56.5 Å². The van der Waals surface area contributed by atoms with Crippen LogP contribution in [0.25, 0.3) is 0 Å². The standard InChI is InChI=1S/C21H37I2NO4Si/c1-11-24(12-2)18(25)16(17(23)19(26)28-20(3,4)5)13-15(22)14-27-29(9,10)21(6,7)8/h13H,11-12,14H2,1-10H3/b15-13-,17-16+. The van der Waals surface area contributed by atoms with Gasteiger partial charge in [-0.1, -0.05) is 20.8 Å². The zero-order valence-electron chi connectivity index (χ0n) is 19.5. The molecule has 0 aliphatic rings. The normalized spacial score (nSPS) is 14.4. The lowest BCUT2D eigenvalue weighted by atomic mass is 10.1. The number of carbonyl (C=O) groups excluding carboxylic acids is 2.